The van der Waals surface area contributed by atoms with Crippen molar-refractivity contribution in [2.24, 2.45) is 0 Å². The molecule has 0 aliphatic rings. The lowest BCUT2D eigenvalue weighted by atomic mass is 10.1. The molecule has 1 aromatic heterocycles. The molecule has 0 saturated carbocycles. The predicted octanol–water partition coefficient (Wildman–Crippen LogP) is 2.25. The van der Waals surface area contributed by atoms with E-state index in [-0.39, 0.29) is 18.2 Å². The van der Waals surface area contributed by atoms with E-state index in [0.717, 1.165) is 6.07 Å². The van der Waals surface area contributed by atoms with Gasteiger partial charge in [0.25, 0.3) is 0 Å². The lowest BCUT2D eigenvalue weighted by Gasteiger charge is -2.14. The molecule has 21 heavy (non-hydrogen) atoms. The van der Waals surface area contributed by atoms with E-state index in [1.165, 1.54) is 0 Å². The molecule has 2 aromatic rings. The van der Waals surface area contributed by atoms with Gasteiger partial charge >= 0.3 is 5.69 Å². The molecule has 0 radical (unpaired) electrons. The molecule has 0 aliphatic carbocycles. The van der Waals surface area contributed by atoms with Gasteiger partial charge in [0.2, 0.25) is 5.82 Å². The molecule has 2 rings (SSSR count). The van der Waals surface area contributed by atoms with E-state index in [9.17, 15) is 18.9 Å². The molecule has 0 bridgehead atoms. The first-order valence-electron chi connectivity index (χ1n) is 6.29. The van der Waals surface area contributed by atoms with Crippen molar-refractivity contribution < 1.29 is 13.7 Å². The Labute approximate surface area is 119 Å². The Morgan fingerprint density at radius 1 is 1.43 bits per heavy atom. The first kappa shape index (κ1) is 15.0. The summed E-state index contributed by atoms with van der Waals surface area (Å²) in [7, 11) is 0. The molecule has 0 amide bonds. The monoisotopic (exact) mass is 296 g/mol. The van der Waals surface area contributed by atoms with Gasteiger partial charge in [-0.1, -0.05) is 0 Å². The van der Waals surface area contributed by atoms with Crippen LogP contribution >= 0.6 is 0 Å². The number of benzene rings is 1. The number of hydrogen-bond acceptors (Lipinski definition) is 4. The highest BCUT2D eigenvalue weighted by Crippen LogP contribution is 2.21. The van der Waals surface area contributed by atoms with E-state index in [2.05, 4.69) is 10.3 Å². The topological polar surface area (TPSA) is 73.0 Å². The maximum absolute atomic E-state index is 13.6. The van der Waals surface area contributed by atoms with Crippen LogP contribution in [0.4, 0.5) is 14.5 Å². The zero-order valence-electron chi connectivity index (χ0n) is 11.3. The van der Waals surface area contributed by atoms with Crippen molar-refractivity contribution in [2.75, 3.05) is 0 Å². The number of nitrogens with zero attached hydrogens (tertiary/aromatic N) is 3. The minimum Gasteiger partial charge on any atom is -0.336 e. The lowest BCUT2D eigenvalue weighted by Crippen LogP contribution is -2.30. The van der Waals surface area contributed by atoms with E-state index in [4.69, 9.17) is 0 Å². The van der Waals surface area contributed by atoms with Crippen LogP contribution in [0.5, 0.6) is 0 Å². The average Bonchev–Trinajstić information content (AvgIpc) is 2.90. The Bertz CT molecular complexity index is 631. The highest BCUT2D eigenvalue weighted by Gasteiger charge is 2.18. The molecule has 1 N–H and O–H groups in total. The number of aromatic nitrogens is 2. The van der Waals surface area contributed by atoms with Gasteiger partial charge in [-0.15, -0.1) is 0 Å². The summed E-state index contributed by atoms with van der Waals surface area (Å²) >= 11 is 0. The Morgan fingerprint density at radius 3 is 2.81 bits per heavy atom. The molecule has 8 heteroatoms. The standard InChI is InChI=1S/C13H14F2N4O2/c1-9(7-18-3-2-16-8-18)17-6-10-4-13(19(20)21)12(15)5-11(10)14/h2-5,8-9,17H,6-7H2,1H3. The fourth-order valence-corrected chi connectivity index (χ4v) is 1.92. The molecule has 0 aliphatic heterocycles. The van der Waals surface area contributed by atoms with Crippen molar-refractivity contribution in [3.63, 3.8) is 0 Å². The van der Waals surface area contributed by atoms with Gasteiger partial charge in [0.05, 0.1) is 11.3 Å². The molecule has 6 nitrogen and oxygen atoms in total. The number of nitrogens with one attached hydrogen (secondary N) is 1. The van der Waals surface area contributed by atoms with E-state index >= 15 is 0 Å². The van der Waals surface area contributed by atoms with Crippen LogP contribution in [0.25, 0.3) is 0 Å². The van der Waals surface area contributed by atoms with Crippen molar-refractivity contribution in [2.45, 2.75) is 26.1 Å². The quantitative estimate of drug-likeness (QED) is 0.655. The van der Waals surface area contributed by atoms with Crippen LogP contribution in [-0.4, -0.2) is 20.5 Å². The number of hydrogen-bond donors (Lipinski definition) is 1. The molecule has 1 atom stereocenters. The zero-order chi connectivity index (χ0) is 15.4. The largest absolute Gasteiger partial charge is 0.336 e. The number of nitro groups is 1. The van der Waals surface area contributed by atoms with Crippen LogP contribution in [-0.2, 0) is 13.1 Å². The summed E-state index contributed by atoms with van der Waals surface area (Å²) in [5, 5.41) is 13.7. The zero-order valence-corrected chi connectivity index (χ0v) is 11.3. The number of rotatable bonds is 6. The van der Waals surface area contributed by atoms with E-state index in [1.54, 1.807) is 18.7 Å². The van der Waals surface area contributed by atoms with Crippen molar-refractivity contribution in [3.8, 4) is 0 Å². The Balaban J connectivity index is 2.02. The van der Waals surface area contributed by atoms with Gasteiger partial charge in [-0.3, -0.25) is 10.1 Å². The molecule has 1 heterocycles. The maximum atomic E-state index is 13.6. The second-order valence-corrected chi connectivity index (χ2v) is 4.69. The molecule has 112 valence electrons. The van der Waals surface area contributed by atoms with Gasteiger partial charge in [0.1, 0.15) is 5.82 Å². The van der Waals surface area contributed by atoms with Crippen LogP contribution in [0, 0.1) is 21.7 Å². The molecule has 0 spiro atoms. The van der Waals surface area contributed by atoms with Crippen LogP contribution in [0.3, 0.4) is 0 Å². The van der Waals surface area contributed by atoms with Crippen molar-refractivity contribution >= 4 is 5.69 Å². The third-order valence-electron chi connectivity index (χ3n) is 3.00. The second kappa shape index (κ2) is 6.40. The van der Waals surface area contributed by atoms with Gasteiger partial charge in [-0.05, 0) is 6.92 Å². The Morgan fingerprint density at radius 2 is 2.19 bits per heavy atom. The average molecular weight is 296 g/mol. The molecule has 0 fully saturated rings. The minimum absolute atomic E-state index is 0.0114. The highest BCUT2D eigenvalue weighted by molar-refractivity contribution is 5.37. The third kappa shape index (κ3) is 3.82. The van der Waals surface area contributed by atoms with Crippen LogP contribution in [0.2, 0.25) is 0 Å². The number of nitro benzene ring substituents is 1. The molecule has 0 saturated heterocycles. The molecular formula is C13H14F2N4O2. The van der Waals surface area contributed by atoms with Gasteiger partial charge < -0.3 is 9.88 Å². The maximum Gasteiger partial charge on any atom is 0.305 e. The van der Waals surface area contributed by atoms with Crippen LogP contribution in [0.1, 0.15) is 12.5 Å². The van der Waals surface area contributed by atoms with Crippen molar-refractivity contribution in [1.82, 2.24) is 14.9 Å². The minimum atomic E-state index is -1.17. The first-order valence-corrected chi connectivity index (χ1v) is 6.29. The summed E-state index contributed by atoms with van der Waals surface area (Å²) < 4.78 is 28.7. The predicted molar refractivity (Wildman–Crippen MR) is 71.5 cm³/mol. The van der Waals surface area contributed by atoms with Crippen molar-refractivity contribution in [3.05, 3.63) is 58.2 Å². The Kier molecular flexibility index (Phi) is 4.59. The van der Waals surface area contributed by atoms with Gasteiger partial charge in [-0.25, -0.2) is 9.37 Å². The molecule has 1 aromatic carbocycles. The van der Waals surface area contributed by atoms with Crippen LogP contribution < -0.4 is 5.32 Å². The summed E-state index contributed by atoms with van der Waals surface area (Å²) in [6, 6.07) is 1.44. The SMILES string of the molecule is CC(Cn1ccnc1)NCc1cc([N+](=O)[O-])c(F)cc1F. The summed E-state index contributed by atoms with van der Waals surface area (Å²) in [5.41, 5.74) is -0.670. The normalized spacial score (nSPS) is 12.3. The highest BCUT2D eigenvalue weighted by atomic mass is 19.1. The lowest BCUT2D eigenvalue weighted by molar-refractivity contribution is -0.387. The fraction of sp³-hybridized carbons (Fsp3) is 0.308. The van der Waals surface area contributed by atoms with Crippen molar-refractivity contribution in [1.29, 1.82) is 0 Å². The summed E-state index contributed by atoms with van der Waals surface area (Å²) in [6.07, 6.45) is 5.10. The van der Waals surface area contributed by atoms with Gasteiger partial charge in [0.15, 0.2) is 0 Å². The molecule has 1 unspecified atom stereocenters. The van der Waals surface area contributed by atoms with E-state index in [1.807, 2.05) is 11.5 Å². The smallest absolute Gasteiger partial charge is 0.305 e. The first-order chi connectivity index (χ1) is 9.97. The van der Waals surface area contributed by atoms with Crippen LogP contribution in [0.15, 0.2) is 30.9 Å². The summed E-state index contributed by atoms with van der Waals surface area (Å²) in [5.74, 6) is -1.98. The van der Waals surface area contributed by atoms with Gasteiger partial charge in [-0.2, -0.15) is 4.39 Å². The van der Waals surface area contributed by atoms with E-state index in [0.29, 0.717) is 12.6 Å². The molecular weight excluding hydrogens is 282 g/mol. The number of imidazole rings is 1. The Hall–Kier alpha value is -2.35. The van der Waals surface area contributed by atoms with E-state index < -0.39 is 22.2 Å². The van der Waals surface area contributed by atoms with Gasteiger partial charge in [0, 0.05) is 49.2 Å². The number of halogens is 2. The summed E-state index contributed by atoms with van der Waals surface area (Å²) in [4.78, 5) is 13.7. The third-order valence-corrected chi connectivity index (χ3v) is 3.00. The fourth-order valence-electron chi connectivity index (χ4n) is 1.92. The second-order valence-electron chi connectivity index (χ2n) is 4.69. The summed E-state index contributed by atoms with van der Waals surface area (Å²) in [6.45, 7) is 2.57.